The Morgan fingerprint density at radius 2 is 1.67 bits per heavy atom. The molecule has 0 spiro atoms. The highest BCUT2D eigenvalue weighted by Crippen LogP contribution is 2.46. The molecule has 2 nitrogen and oxygen atoms in total. The van der Waals surface area contributed by atoms with Crippen LogP contribution in [0.4, 0.5) is 0 Å². The first-order valence-electron chi connectivity index (χ1n) is 6.75. The molecule has 1 aromatic carbocycles. The summed E-state index contributed by atoms with van der Waals surface area (Å²) in [6.07, 6.45) is 4.62. The Morgan fingerprint density at radius 3 is 2.11 bits per heavy atom. The minimum absolute atomic E-state index is 0.117. The number of carboxylic acid groups (broad SMARTS) is 1. The number of carboxylic acids is 1. The summed E-state index contributed by atoms with van der Waals surface area (Å²) < 4.78 is 0. The summed E-state index contributed by atoms with van der Waals surface area (Å²) in [6.45, 7) is 6.34. The van der Waals surface area contributed by atoms with E-state index in [9.17, 15) is 9.90 Å². The molecule has 0 heterocycles. The second-order valence-electron chi connectivity index (χ2n) is 5.83. The van der Waals surface area contributed by atoms with Gasteiger partial charge in [0.05, 0.1) is 6.42 Å². The Bertz CT molecular complexity index is 445. The third kappa shape index (κ3) is 2.29. The van der Waals surface area contributed by atoms with E-state index in [1.165, 1.54) is 22.3 Å². The van der Waals surface area contributed by atoms with Crippen molar-refractivity contribution >= 4 is 5.97 Å². The summed E-state index contributed by atoms with van der Waals surface area (Å²) in [5.74, 6) is -0.670. The summed E-state index contributed by atoms with van der Waals surface area (Å²) in [4.78, 5) is 11.2. The van der Waals surface area contributed by atoms with Gasteiger partial charge in [-0.1, -0.05) is 30.5 Å². The van der Waals surface area contributed by atoms with Gasteiger partial charge < -0.3 is 5.11 Å². The first kappa shape index (κ1) is 13.1. The smallest absolute Gasteiger partial charge is 0.304 e. The summed E-state index contributed by atoms with van der Waals surface area (Å²) in [6, 6.07) is 4.37. The van der Waals surface area contributed by atoms with Gasteiger partial charge in [0, 0.05) is 5.41 Å². The van der Waals surface area contributed by atoms with E-state index >= 15 is 0 Å². The normalized spacial score (nSPS) is 17.9. The van der Waals surface area contributed by atoms with Crippen molar-refractivity contribution in [3.8, 4) is 0 Å². The van der Waals surface area contributed by atoms with Crippen LogP contribution in [-0.2, 0) is 10.2 Å². The van der Waals surface area contributed by atoms with Crippen molar-refractivity contribution in [3.05, 3.63) is 34.4 Å². The molecule has 0 amide bonds. The number of hydrogen-bond donors (Lipinski definition) is 1. The first-order valence-corrected chi connectivity index (χ1v) is 6.75. The zero-order valence-electron chi connectivity index (χ0n) is 11.5. The van der Waals surface area contributed by atoms with Gasteiger partial charge in [0.25, 0.3) is 0 Å². The second kappa shape index (κ2) is 4.75. The Kier molecular flexibility index (Phi) is 3.47. The largest absolute Gasteiger partial charge is 0.481 e. The average Bonchev–Trinajstić information content (AvgIpc) is 2.63. The van der Waals surface area contributed by atoms with Crippen LogP contribution in [0.25, 0.3) is 0 Å². The monoisotopic (exact) mass is 246 g/mol. The molecule has 0 saturated heterocycles. The van der Waals surface area contributed by atoms with E-state index in [-0.39, 0.29) is 11.8 Å². The summed E-state index contributed by atoms with van der Waals surface area (Å²) in [7, 11) is 0. The van der Waals surface area contributed by atoms with Gasteiger partial charge in [-0.15, -0.1) is 0 Å². The molecule has 0 aliphatic heterocycles. The van der Waals surface area contributed by atoms with Crippen molar-refractivity contribution < 1.29 is 9.90 Å². The zero-order valence-corrected chi connectivity index (χ0v) is 11.5. The van der Waals surface area contributed by atoms with E-state index in [4.69, 9.17) is 0 Å². The molecule has 0 bridgehead atoms. The highest BCUT2D eigenvalue weighted by atomic mass is 16.4. The molecule has 18 heavy (non-hydrogen) atoms. The number of rotatable bonds is 3. The van der Waals surface area contributed by atoms with Crippen LogP contribution in [-0.4, -0.2) is 11.1 Å². The molecule has 0 radical (unpaired) electrons. The molecule has 1 fully saturated rings. The van der Waals surface area contributed by atoms with Crippen LogP contribution in [0.15, 0.2) is 12.1 Å². The highest BCUT2D eigenvalue weighted by molar-refractivity contribution is 5.69. The summed E-state index contributed by atoms with van der Waals surface area (Å²) in [5, 5.41) is 9.24. The van der Waals surface area contributed by atoms with Gasteiger partial charge in [0.1, 0.15) is 0 Å². The standard InChI is InChI=1S/C16H22O2/c1-11-8-12(2)15(13(3)9-11)16(10-14(17)18)6-4-5-7-16/h8-9H,4-7,10H2,1-3H3,(H,17,18). The molecule has 1 aliphatic carbocycles. The van der Waals surface area contributed by atoms with Gasteiger partial charge in [0.2, 0.25) is 0 Å². The lowest BCUT2D eigenvalue weighted by atomic mass is 9.72. The van der Waals surface area contributed by atoms with Crippen molar-refractivity contribution in [2.24, 2.45) is 0 Å². The summed E-state index contributed by atoms with van der Waals surface area (Å²) >= 11 is 0. The molecule has 1 aliphatic rings. The van der Waals surface area contributed by atoms with Crippen molar-refractivity contribution in [2.75, 3.05) is 0 Å². The molecule has 98 valence electrons. The first-order chi connectivity index (χ1) is 8.44. The van der Waals surface area contributed by atoms with Crippen molar-refractivity contribution in [1.29, 1.82) is 0 Å². The lowest BCUT2D eigenvalue weighted by Crippen LogP contribution is -2.28. The van der Waals surface area contributed by atoms with Crippen molar-refractivity contribution in [3.63, 3.8) is 0 Å². The lowest BCUT2D eigenvalue weighted by molar-refractivity contribution is -0.138. The van der Waals surface area contributed by atoms with Gasteiger partial charge in [-0.25, -0.2) is 0 Å². The third-order valence-corrected chi connectivity index (χ3v) is 4.26. The Hall–Kier alpha value is -1.31. The molecule has 0 aromatic heterocycles. The van der Waals surface area contributed by atoms with Crippen molar-refractivity contribution in [1.82, 2.24) is 0 Å². The Labute approximate surface area is 109 Å². The number of hydrogen-bond acceptors (Lipinski definition) is 1. The fourth-order valence-corrected chi connectivity index (χ4v) is 3.87. The number of benzene rings is 1. The van der Waals surface area contributed by atoms with Crippen LogP contribution in [0, 0.1) is 20.8 Å². The highest BCUT2D eigenvalue weighted by Gasteiger charge is 2.39. The molecule has 1 aromatic rings. The van der Waals surface area contributed by atoms with Gasteiger partial charge in [0.15, 0.2) is 0 Å². The van der Waals surface area contributed by atoms with Crippen LogP contribution < -0.4 is 0 Å². The topological polar surface area (TPSA) is 37.3 Å². The molecule has 0 unspecified atom stereocenters. The van der Waals surface area contributed by atoms with Crippen molar-refractivity contribution in [2.45, 2.75) is 58.3 Å². The minimum Gasteiger partial charge on any atom is -0.481 e. The maximum atomic E-state index is 11.2. The van der Waals surface area contributed by atoms with E-state index in [0.717, 1.165) is 25.7 Å². The maximum Gasteiger partial charge on any atom is 0.304 e. The van der Waals surface area contributed by atoms with E-state index in [0.29, 0.717) is 0 Å². The van der Waals surface area contributed by atoms with E-state index < -0.39 is 5.97 Å². The molecule has 2 heteroatoms. The predicted molar refractivity (Wildman–Crippen MR) is 73.1 cm³/mol. The maximum absolute atomic E-state index is 11.2. The predicted octanol–water partition coefficient (Wildman–Crippen LogP) is 3.90. The number of aryl methyl sites for hydroxylation is 3. The lowest BCUT2D eigenvalue weighted by Gasteiger charge is -2.31. The molecular weight excluding hydrogens is 224 g/mol. The van der Waals surface area contributed by atoms with Crippen LogP contribution in [0.2, 0.25) is 0 Å². The molecular formula is C16H22O2. The van der Waals surface area contributed by atoms with Crippen LogP contribution in [0.5, 0.6) is 0 Å². The van der Waals surface area contributed by atoms with Gasteiger partial charge >= 0.3 is 5.97 Å². The Balaban J connectivity index is 2.52. The Morgan fingerprint density at radius 1 is 1.17 bits per heavy atom. The minimum atomic E-state index is -0.670. The number of aliphatic carboxylic acids is 1. The molecule has 1 N–H and O–H groups in total. The molecule has 1 saturated carbocycles. The van der Waals surface area contributed by atoms with Gasteiger partial charge in [-0.05, 0) is 50.3 Å². The van der Waals surface area contributed by atoms with E-state index in [1.54, 1.807) is 0 Å². The van der Waals surface area contributed by atoms with E-state index in [2.05, 4.69) is 32.9 Å². The number of carbonyl (C=O) groups is 1. The summed E-state index contributed by atoms with van der Waals surface area (Å²) in [5.41, 5.74) is 4.96. The van der Waals surface area contributed by atoms with Crippen LogP contribution >= 0.6 is 0 Å². The van der Waals surface area contributed by atoms with Crippen LogP contribution in [0.3, 0.4) is 0 Å². The van der Waals surface area contributed by atoms with E-state index in [1.807, 2.05) is 0 Å². The van der Waals surface area contributed by atoms with Crippen LogP contribution in [0.1, 0.15) is 54.4 Å². The SMILES string of the molecule is Cc1cc(C)c(C2(CC(=O)O)CCCC2)c(C)c1. The quantitative estimate of drug-likeness (QED) is 0.878. The fourth-order valence-electron chi connectivity index (χ4n) is 3.87. The zero-order chi connectivity index (χ0) is 13.3. The van der Waals surface area contributed by atoms with Gasteiger partial charge in [-0.2, -0.15) is 0 Å². The fraction of sp³-hybridized carbons (Fsp3) is 0.562. The molecule has 2 rings (SSSR count). The van der Waals surface area contributed by atoms with Gasteiger partial charge in [-0.3, -0.25) is 4.79 Å². The second-order valence-corrected chi connectivity index (χ2v) is 5.83. The third-order valence-electron chi connectivity index (χ3n) is 4.26. The average molecular weight is 246 g/mol. The molecule has 0 atom stereocenters.